The van der Waals surface area contributed by atoms with Crippen LogP contribution < -0.4 is 4.74 Å². The second kappa shape index (κ2) is 5.19. The van der Waals surface area contributed by atoms with E-state index in [9.17, 15) is 0 Å². The molecule has 0 saturated carbocycles. The van der Waals surface area contributed by atoms with E-state index in [0.717, 1.165) is 29.7 Å². The molecule has 1 aromatic carbocycles. The summed E-state index contributed by atoms with van der Waals surface area (Å²) in [5.74, 6) is 0.908. The summed E-state index contributed by atoms with van der Waals surface area (Å²) in [6.45, 7) is 4.97. The van der Waals surface area contributed by atoms with Gasteiger partial charge in [-0.2, -0.15) is 0 Å². The molecule has 0 spiro atoms. The Morgan fingerprint density at radius 1 is 1.25 bits per heavy atom. The van der Waals surface area contributed by atoms with E-state index < -0.39 is 0 Å². The molecule has 3 heteroatoms. The molecule has 2 rings (SSSR count). The van der Waals surface area contributed by atoms with Gasteiger partial charge in [0, 0.05) is 10.9 Å². The minimum atomic E-state index is -0.0614. The van der Waals surface area contributed by atoms with Crippen LogP contribution in [0.2, 0.25) is 0 Å². The third kappa shape index (κ3) is 2.77. The maximum absolute atomic E-state index is 5.83. The maximum Gasteiger partial charge on any atom is 0.199 e. The van der Waals surface area contributed by atoms with Gasteiger partial charge in [0.2, 0.25) is 0 Å². The van der Waals surface area contributed by atoms with Gasteiger partial charge in [0.05, 0.1) is 6.61 Å². The zero-order valence-electron chi connectivity index (χ0n) is 9.75. The zero-order chi connectivity index (χ0) is 11.5. The van der Waals surface area contributed by atoms with Gasteiger partial charge in [-0.25, -0.2) is 0 Å². The number of benzene rings is 1. The van der Waals surface area contributed by atoms with Gasteiger partial charge in [0.15, 0.2) is 6.29 Å². The highest BCUT2D eigenvalue weighted by molar-refractivity contribution is 9.10. The van der Waals surface area contributed by atoms with Crippen LogP contribution in [-0.4, -0.2) is 12.9 Å². The first-order valence-corrected chi connectivity index (χ1v) is 6.51. The summed E-state index contributed by atoms with van der Waals surface area (Å²) in [5.41, 5.74) is 2.40. The molecule has 0 unspecified atom stereocenters. The van der Waals surface area contributed by atoms with Gasteiger partial charge < -0.3 is 9.47 Å². The fourth-order valence-electron chi connectivity index (χ4n) is 1.93. The first-order chi connectivity index (χ1) is 7.66. The van der Waals surface area contributed by atoms with Crippen molar-refractivity contribution in [1.29, 1.82) is 0 Å². The Labute approximate surface area is 105 Å². The van der Waals surface area contributed by atoms with E-state index in [1.807, 2.05) is 0 Å². The number of aryl methyl sites for hydroxylation is 2. The predicted octanol–water partition coefficient (Wildman–Crippen LogP) is 3.97. The lowest BCUT2D eigenvalue weighted by atomic mass is 10.1. The van der Waals surface area contributed by atoms with Crippen LogP contribution in [0.25, 0.3) is 0 Å². The smallest absolute Gasteiger partial charge is 0.199 e. The lowest BCUT2D eigenvalue weighted by molar-refractivity contribution is -0.105. The highest BCUT2D eigenvalue weighted by atomic mass is 79.9. The first-order valence-electron chi connectivity index (χ1n) is 5.72. The molecule has 1 aliphatic rings. The van der Waals surface area contributed by atoms with Gasteiger partial charge in [-0.15, -0.1) is 0 Å². The topological polar surface area (TPSA) is 18.5 Å². The molecule has 1 saturated heterocycles. The van der Waals surface area contributed by atoms with E-state index in [4.69, 9.17) is 9.47 Å². The molecule has 1 aliphatic heterocycles. The average molecular weight is 285 g/mol. The molecule has 1 heterocycles. The molecule has 0 bridgehead atoms. The molecule has 16 heavy (non-hydrogen) atoms. The molecular weight excluding hydrogens is 268 g/mol. The molecule has 1 fully saturated rings. The summed E-state index contributed by atoms with van der Waals surface area (Å²) >= 11 is 3.55. The molecule has 1 aromatic rings. The Kier molecular flexibility index (Phi) is 3.87. The number of ether oxygens (including phenoxy) is 2. The Hall–Kier alpha value is -0.540. The number of hydrogen-bond donors (Lipinski definition) is 0. The second-order valence-corrected chi connectivity index (χ2v) is 5.08. The normalized spacial score (nSPS) is 20.8. The van der Waals surface area contributed by atoms with Crippen LogP contribution in [0, 0.1) is 13.8 Å². The van der Waals surface area contributed by atoms with Crippen LogP contribution in [0.15, 0.2) is 16.6 Å². The Bertz CT molecular complexity index is 347. The molecule has 88 valence electrons. The van der Waals surface area contributed by atoms with Crippen LogP contribution in [0.4, 0.5) is 0 Å². The molecule has 0 aliphatic carbocycles. The van der Waals surface area contributed by atoms with Gasteiger partial charge in [0.1, 0.15) is 5.75 Å². The molecule has 0 amide bonds. The molecule has 1 atom stereocenters. The van der Waals surface area contributed by atoms with Crippen molar-refractivity contribution in [3.05, 3.63) is 27.7 Å². The standard InChI is InChI=1S/C13H17BrO2/c1-9-7-11(8-10(2)13(9)14)16-12-5-3-4-6-15-12/h7-8,12H,3-6H2,1-2H3/t12-/m1/s1. The van der Waals surface area contributed by atoms with E-state index in [1.54, 1.807) is 0 Å². The summed E-state index contributed by atoms with van der Waals surface area (Å²) in [5, 5.41) is 0. The van der Waals surface area contributed by atoms with Crippen molar-refractivity contribution in [3.8, 4) is 5.75 Å². The second-order valence-electron chi connectivity index (χ2n) is 4.29. The first kappa shape index (κ1) is 11.9. The quantitative estimate of drug-likeness (QED) is 0.818. The lowest BCUT2D eigenvalue weighted by Gasteiger charge is -2.24. The summed E-state index contributed by atoms with van der Waals surface area (Å²) in [6, 6.07) is 4.10. The monoisotopic (exact) mass is 284 g/mol. The number of halogens is 1. The van der Waals surface area contributed by atoms with E-state index >= 15 is 0 Å². The fraction of sp³-hybridized carbons (Fsp3) is 0.538. The maximum atomic E-state index is 5.83. The Morgan fingerprint density at radius 3 is 2.50 bits per heavy atom. The minimum Gasteiger partial charge on any atom is -0.465 e. The summed E-state index contributed by atoms with van der Waals surface area (Å²) < 4.78 is 12.5. The molecule has 2 nitrogen and oxygen atoms in total. The van der Waals surface area contributed by atoms with Gasteiger partial charge in [0.25, 0.3) is 0 Å². The Morgan fingerprint density at radius 2 is 1.94 bits per heavy atom. The molecule has 0 radical (unpaired) electrons. The van der Waals surface area contributed by atoms with Crippen LogP contribution in [0.1, 0.15) is 30.4 Å². The Balaban J connectivity index is 2.09. The van der Waals surface area contributed by atoms with Crippen LogP contribution in [-0.2, 0) is 4.74 Å². The van der Waals surface area contributed by atoms with Crippen molar-refractivity contribution in [3.63, 3.8) is 0 Å². The van der Waals surface area contributed by atoms with Crippen LogP contribution in [0.3, 0.4) is 0 Å². The van der Waals surface area contributed by atoms with E-state index in [-0.39, 0.29) is 6.29 Å². The van der Waals surface area contributed by atoms with Gasteiger partial charge in [-0.1, -0.05) is 15.9 Å². The van der Waals surface area contributed by atoms with Crippen molar-refractivity contribution in [2.24, 2.45) is 0 Å². The summed E-state index contributed by atoms with van der Waals surface area (Å²) in [6.07, 6.45) is 3.28. The summed E-state index contributed by atoms with van der Waals surface area (Å²) in [4.78, 5) is 0. The fourth-order valence-corrected chi connectivity index (χ4v) is 2.16. The van der Waals surface area contributed by atoms with Gasteiger partial charge >= 0.3 is 0 Å². The van der Waals surface area contributed by atoms with Gasteiger partial charge in [-0.05, 0) is 49.9 Å². The van der Waals surface area contributed by atoms with Crippen molar-refractivity contribution >= 4 is 15.9 Å². The van der Waals surface area contributed by atoms with Crippen molar-refractivity contribution in [1.82, 2.24) is 0 Å². The van der Waals surface area contributed by atoms with Crippen LogP contribution >= 0.6 is 15.9 Å². The van der Waals surface area contributed by atoms with Crippen LogP contribution in [0.5, 0.6) is 5.75 Å². The largest absolute Gasteiger partial charge is 0.465 e. The summed E-state index contributed by atoms with van der Waals surface area (Å²) in [7, 11) is 0. The number of rotatable bonds is 2. The van der Waals surface area contributed by atoms with E-state index in [1.165, 1.54) is 17.5 Å². The SMILES string of the molecule is Cc1cc(O[C@@H]2CCCCO2)cc(C)c1Br. The average Bonchev–Trinajstić information content (AvgIpc) is 2.27. The molecule has 0 N–H and O–H groups in total. The lowest BCUT2D eigenvalue weighted by Crippen LogP contribution is -2.25. The molecular formula is C13H17BrO2. The third-order valence-corrected chi connectivity index (χ3v) is 4.07. The highest BCUT2D eigenvalue weighted by Gasteiger charge is 2.15. The number of hydrogen-bond acceptors (Lipinski definition) is 2. The highest BCUT2D eigenvalue weighted by Crippen LogP contribution is 2.28. The molecule has 0 aromatic heterocycles. The predicted molar refractivity (Wildman–Crippen MR) is 67.8 cm³/mol. The van der Waals surface area contributed by atoms with Crippen molar-refractivity contribution < 1.29 is 9.47 Å². The minimum absolute atomic E-state index is 0.0614. The van der Waals surface area contributed by atoms with Crippen molar-refractivity contribution in [2.45, 2.75) is 39.4 Å². The van der Waals surface area contributed by atoms with Gasteiger partial charge in [-0.3, -0.25) is 0 Å². The zero-order valence-corrected chi connectivity index (χ0v) is 11.3. The van der Waals surface area contributed by atoms with E-state index in [2.05, 4.69) is 41.9 Å². The van der Waals surface area contributed by atoms with E-state index in [0.29, 0.717) is 0 Å². The third-order valence-electron chi connectivity index (χ3n) is 2.82. The van der Waals surface area contributed by atoms with Crippen molar-refractivity contribution in [2.75, 3.05) is 6.61 Å².